The van der Waals surface area contributed by atoms with Gasteiger partial charge in [0.05, 0.1) is 0 Å². The van der Waals surface area contributed by atoms with Crippen molar-refractivity contribution in [2.45, 2.75) is 40.2 Å². The number of anilines is 2. The fraction of sp³-hybridized carbons (Fsp3) is 0.714. The molecule has 0 radical (unpaired) electrons. The van der Waals surface area contributed by atoms with Gasteiger partial charge in [-0.1, -0.05) is 13.8 Å². The summed E-state index contributed by atoms with van der Waals surface area (Å²) >= 11 is 0. The van der Waals surface area contributed by atoms with Gasteiger partial charge in [0.15, 0.2) is 0 Å². The molecule has 1 fully saturated rings. The number of aromatic nitrogens is 2. The van der Waals surface area contributed by atoms with E-state index in [1.54, 1.807) is 6.33 Å². The zero-order valence-corrected chi connectivity index (χ0v) is 12.1. The van der Waals surface area contributed by atoms with Gasteiger partial charge in [0.1, 0.15) is 18.0 Å². The lowest BCUT2D eigenvalue weighted by atomic mass is 9.86. The van der Waals surface area contributed by atoms with Gasteiger partial charge in [0.25, 0.3) is 0 Å². The van der Waals surface area contributed by atoms with E-state index in [0.29, 0.717) is 12.0 Å². The molecule has 0 spiro atoms. The Labute approximate surface area is 110 Å². The van der Waals surface area contributed by atoms with Gasteiger partial charge in [-0.2, -0.15) is 0 Å². The Bertz CT molecular complexity index is 418. The molecule has 1 saturated heterocycles. The molecule has 0 saturated carbocycles. The van der Waals surface area contributed by atoms with E-state index >= 15 is 0 Å². The van der Waals surface area contributed by atoms with Crippen LogP contribution < -0.4 is 10.2 Å². The van der Waals surface area contributed by atoms with Crippen molar-refractivity contribution in [2.24, 2.45) is 11.8 Å². The van der Waals surface area contributed by atoms with Crippen LogP contribution in [0.5, 0.6) is 0 Å². The number of hydrogen-bond acceptors (Lipinski definition) is 4. The summed E-state index contributed by atoms with van der Waals surface area (Å²) in [6.07, 6.45) is 2.96. The summed E-state index contributed by atoms with van der Waals surface area (Å²) in [5.41, 5.74) is 1.15. The van der Waals surface area contributed by atoms with Crippen LogP contribution in [0.3, 0.4) is 0 Å². The third-order valence-electron chi connectivity index (χ3n) is 4.16. The van der Waals surface area contributed by atoms with Gasteiger partial charge >= 0.3 is 0 Å². The van der Waals surface area contributed by atoms with Crippen LogP contribution in [0.25, 0.3) is 0 Å². The quantitative estimate of drug-likeness (QED) is 0.873. The maximum Gasteiger partial charge on any atom is 0.137 e. The molecule has 1 aromatic rings. The summed E-state index contributed by atoms with van der Waals surface area (Å²) in [6, 6.07) is 0.541. The third-order valence-corrected chi connectivity index (χ3v) is 4.16. The molecule has 1 N–H and O–H groups in total. The monoisotopic (exact) mass is 248 g/mol. The van der Waals surface area contributed by atoms with Crippen LogP contribution >= 0.6 is 0 Å². The maximum absolute atomic E-state index is 4.50. The summed E-state index contributed by atoms with van der Waals surface area (Å²) < 4.78 is 0. The molecule has 1 aliphatic heterocycles. The highest BCUT2D eigenvalue weighted by molar-refractivity contribution is 5.58. The Morgan fingerprint density at radius 3 is 2.67 bits per heavy atom. The molecule has 2 heterocycles. The van der Waals surface area contributed by atoms with Crippen molar-refractivity contribution in [3.05, 3.63) is 11.9 Å². The largest absolute Gasteiger partial charge is 0.373 e. The van der Waals surface area contributed by atoms with Crippen molar-refractivity contribution in [1.29, 1.82) is 0 Å². The van der Waals surface area contributed by atoms with Crippen LogP contribution in [0.4, 0.5) is 11.6 Å². The molecular formula is C14H24N4. The number of nitrogens with zero attached hydrogens (tertiary/aromatic N) is 3. The van der Waals surface area contributed by atoms with E-state index in [0.717, 1.165) is 29.7 Å². The van der Waals surface area contributed by atoms with Gasteiger partial charge in [0.2, 0.25) is 0 Å². The lowest BCUT2D eigenvalue weighted by molar-refractivity contribution is 0.295. The number of piperidine rings is 1. The third kappa shape index (κ3) is 2.28. The Morgan fingerprint density at radius 2 is 2.00 bits per heavy atom. The predicted molar refractivity (Wildman–Crippen MR) is 76.1 cm³/mol. The minimum Gasteiger partial charge on any atom is -0.373 e. The molecule has 0 aliphatic carbocycles. The molecule has 1 aromatic heterocycles. The molecule has 0 bridgehead atoms. The molecule has 18 heavy (non-hydrogen) atoms. The van der Waals surface area contributed by atoms with Gasteiger partial charge in [-0.15, -0.1) is 0 Å². The first-order chi connectivity index (χ1) is 8.54. The van der Waals surface area contributed by atoms with E-state index in [9.17, 15) is 0 Å². The molecule has 1 aliphatic rings. The summed E-state index contributed by atoms with van der Waals surface area (Å²) in [4.78, 5) is 11.2. The molecule has 2 rings (SSSR count). The standard InChI is InChI=1S/C14H24N4/c1-9-6-10(2)12(4)18(7-9)14-11(3)13(15-5)16-8-17-14/h8-10,12H,6-7H2,1-5H3,(H,15,16,17). The summed E-state index contributed by atoms with van der Waals surface area (Å²) in [7, 11) is 1.91. The van der Waals surface area contributed by atoms with Crippen molar-refractivity contribution < 1.29 is 0 Å². The first-order valence-electron chi connectivity index (χ1n) is 6.80. The van der Waals surface area contributed by atoms with Crippen molar-refractivity contribution in [1.82, 2.24) is 9.97 Å². The highest BCUT2D eigenvalue weighted by atomic mass is 15.2. The average molecular weight is 248 g/mol. The van der Waals surface area contributed by atoms with Gasteiger partial charge in [-0.25, -0.2) is 9.97 Å². The van der Waals surface area contributed by atoms with E-state index in [2.05, 4.69) is 47.9 Å². The highest BCUT2D eigenvalue weighted by Gasteiger charge is 2.30. The Hall–Kier alpha value is -1.32. The summed E-state index contributed by atoms with van der Waals surface area (Å²) in [5.74, 6) is 3.45. The number of nitrogens with one attached hydrogen (secondary N) is 1. The summed E-state index contributed by atoms with van der Waals surface area (Å²) in [5, 5.41) is 3.13. The normalized spacial score (nSPS) is 28.3. The zero-order valence-electron chi connectivity index (χ0n) is 12.1. The van der Waals surface area contributed by atoms with E-state index in [1.807, 2.05) is 7.05 Å². The van der Waals surface area contributed by atoms with E-state index in [-0.39, 0.29) is 0 Å². The van der Waals surface area contributed by atoms with E-state index < -0.39 is 0 Å². The highest BCUT2D eigenvalue weighted by Crippen LogP contribution is 2.32. The second-order valence-electron chi connectivity index (χ2n) is 5.63. The average Bonchev–Trinajstić information content (AvgIpc) is 2.34. The van der Waals surface area contributed by atoms with Crippen LogP contribution in [0.15, 0.2) is 6.33 Å². The second-order valence-corrected chi connectivity index (χ2v) is 5.63. The van der Waals surface area contributed by atoms with Crippen LogP contribution in [-0.4, -0.2) is 29.6 Å². The Morgan fingerprint density at radius 1 is 1.28 bits per heavy atom. The first-order valence-corrected chi connectivity index (χ1v) is 6.80. The van der Waals surface area contributed by atoms with E-state index in [4.69, 9.17) is 0 Å². The minimum absolute atomic E-state index is 0.541. The van der Waals surface area contributed by atoms with Crippen LogP contribution in [0.1, 0.15) is 32.8 Å². The fourth-order valence-corrected chi connectivity index (χ4v) is 2.98. The first kappa shape index (κ1) is 13.1. The molecule has 100 valence electrons. The molecule has 4 heteroatoms. The van der Waals surface area contributed by atoms with Crippen LogP contribution in [0, 0.1) is 18.8 Å². The van der Waals surface area contributed by atoms with Crippen molar-refractivity contribution in [3.8, 4) is 0 Å². The van der Waals surface area contributed by atoms with Gasteiger partial charge < -0.3 is 10.2 Å². The molecule has 3 unspecified atom stereocenters. The smallest absolute Gasteiger partial charge is 0.137 e. The molecule has 0 aromatic carbocycles. The SMILES string of the molecule is CNc1ncnc(N2CC(C)CC(C)C2C)c1C. The zero-order chi connectivity index (χ0) is 13.3. The molecule has 3 atom stereocenters. The lowest BCUT2D eigenvalue weighted by Gasteiger charge is -2.42. The van der Waals surface area contributed by atoms with Crippen LogP contribution in [-0.2, 0) is 0 Å². The van der Waals surface area contributed by atoms with Gasteiger partial charge in [-0.05, 0) is 32.1 Å². The second kappa shape index (κ2) is 5.12. The lowest BCUT2D eigenvalue weighted by Crippen LogP contribution is -2.46. The van der Waals surface area contributed by atoms with Gasteiger partial charge in [-0.3, -0.25) is 0 Å². The Kier molecular flexibility index (Phi) is 3.73. The predicted octanol–water partition coefficient (Wildman–Crippen LogP) is 2.70. The van der Waals surface area contributed by atoms with E-state index in [1.165, 1.54) is 6.42 Å². The van der Waals surface area contributed by atoms with Crippen molar-refractivity contribution in [2.75, 3.05) is 23.8 Å². The fourth-order valence-electron chi connectivity index (χ4n) is 2.98. The minimum atomic E-state index is 0.541. The Balaban J connectivity index is 2.35. The number of hydrogen-bond donors (Lipinski definition) is 1. The number of rotatable bonds is 2. The summed E-state index contributed by atoms with van der Waals surface area (Å²) in [6.45, 7) is 10.1. The maximum atomic E-state index is 4.50. The molecule has 4 nitrogen and oxygen atoms in total. The van der Waals surface area contributed by atoms with Crippen LogP contribution in [0.2, 0.25) is 0 Å². The molecular weight excluding hydrogens is 224 g/mol. The topological polar surface area (TPSA) is 41.1 Å². The van der Waals surface area contributed by atoms with Crippen molar-refractivity contribution in [3.63, 3.8) is 0 Å². The molecule has 0 amide bonds. The van der Waals surface area contributed by atoms with Crippen molar-refractivity contribution >= 4 is 11.6 Å². The van der Waals surface area contributed by atoms with Gasteiger partial charge in [0, 0.05) is 25.2 Å².